The van der Waals surface area contributed by atoms with E-state index in [1.807, 2.05) is 30.3 Å². The second-order valence-corrected chi connectivity index (χ2v) is 9.36. The fourth-order valence-electron chi connectivity index (χ4n) is 2.71. The third-order valence-electron chi connectivity index (χ3n) is 4.51. The zero-order chi connectivity index (χ0) is 26.1. The van der Waals surface area contributed by atoms with Crippen molar-refractivity contribution in [3.8, 4) is 0 Å². The van der Waals surface area contributed by atoms with Crippen molar-refractivity contribution < 1.29 is 31.9 Å². The van der Waals surface area contributed by atoms with Crippen molar-refractivity contribution in [3.05, 3.63) is 64.9 Å². The van der Waals surface area contributed by atoms with Gasteiger partial charge in [-0.3, -0.25) is 9.59 Å². The van der Waals surface area contributed by atoms with E-state index in [2.05, 4.69) is 5.32 Å². The fraction of sp³-hybridized carbons (Fsp3) is 0.440. The molecule has 0 fully saturated rings. The number of hydrogen-bond acceptors (Lipinski definition) is 3. The smallest absolute Gasteiger partial charge is 0.392 e. The van der Waals surface area contributed by atoms with Gasteiger partial charge in [-0.15, -0.1) is 0 Å². The van der Waals surface area contributed by atoms with Crippen LogP contribution in [0.3, 0.4) is 0 Å². The number of rotatable bonds is 6. The van der Waals surface area contributed by atoms with Gasteiger partial charge in [-0.2, -0.15) is 13.2 Å². The van der Waals surface area contributed by atoms with Crippen LogP contribution >= 0.6 is 11.6 Å². The van der Waals surface area contributed by atoms with Gasteiger partial charge in [0.25, 0.3) is 0 Å². The number of carbonyl (C=O) groups excluding carboxylic acids is 2. The molecule has 2 aromatic rings. The van der Waals surface area contributed by atoms with E-state index in [0.29, 0.717) is 5.56 Å². The molecule has 0 aliphatic rings. The van der Waals surface area contributed by atoms with Crippen LogP contribution in [0.15, 0.2) is 48.5 Å². The number of benzene rings is 2. The summed E-state index contributed by atoms with van der Waals surface area (Å²) in [7, 11) is 0. The van der Waals surface area contributed by atoms with E-state index in [-0.39, 0.29) is 18.0 Å². The summed E-state index contributed by atoms with van der Waals surface area (Å²) in [5, 5.41) is 2.96. The summed E-state index contributed by atoms with van der Waals surface area (Å²) in [6.07, 6.45) is -5.26. The minimum atomic E-state index is -4.50. The van der Waals surface area contributed by atoms with Gasteiger partial charge < -0.3 is 10.1 Å². The van der Waals surface area contributed by atoms with Crippen LogP contribution in [-0.2, 0) is 14.3 Å². The van der Waals surface area contributed by atoms with Crippen molar-refractivity contribution in [2.75, 3.05) is 5.32 Å². The van der Waals surface area contributed by atoms with Crippen LogP contribution < -0.4 is 5.32 Å². The summed E-state index contributed by atoms with van der Waals surface area (Å²) in [5.74, 6) is -4.30. The number of ether oxygens (including phenoxy) is 1. The van der Waals surface area contributed by atoms with Crippen LogP contribution in [-0.4, -0.2) is 23.7 Å². The highest BCUT2D eigenvalue weighted by Crippen LogP contribution is 2.29. The molecule has 188 valence electrons. The Bertz CT molecular complexity index is 943. The minimum absolute atomic E-state index is 0.0431. The van der Waals surface area contributed by atoms with Gasteiger partial charge in [0, 0.05) is 11.4 Å². The second kappa shape index (κ2) is 12.7. The number of nitrogens with one attached hydrogen (secondary N) is 1. The predicted molar refractivity (Wildman–Crippen MR) is 125 cm³/mol. The average molecular weight is 504 g/mol. The average Bonchev–Trinajstić information content (AvgIpc) is 2.68. The Balaban J connectivity index is 0.000000700. The van der Waals surface area contributed by atoms with E-state index in [1.54, 1.807) is 27.7 Å². The van der Waals surface area contributed by atoms with Crippen LogP contribution in [0.5, 0.6) is 0 Å². The van der Waals surface area contributed by atoms with E-state index < -0.39 is 41.8 Å². The molecule has 0 radical (unpaired) electrons. The Hall–Kier alpha value is -2.61. The Morgan fingerprint density at radius 2 is 1.59 bits per heavy atom. The molecule has 1 N–H and O–H groups in total. The molecule has 1 amide bonds. The van der Waals surface area contributed by atoms with Gasteiger partial charge >= 0.3 is 12.1 Å². The van der Waals surface area contributed by atoms with Crippen LogP contribution in [0.2, 0.25) is 5.02 Å². The fourth-order valence-corrected chi connectivity index (χ4v) is 2.85. The molecule has 0 aliphatic heterocycles. The SMILES string of the molecule is CC(CC(=O)OC(C)(C)C)c1ccc(F)c(NC(=O)C[C@@H](C)C(F)(F)F)c1.Clc1ccccc1. The largest absolute Gasteiger partial charge is 0.460 e. The highest BCUT2D eigenvalue weighted by molar-refractivity contribution is 6.30. The number of anilines is 1. The van der Waals surface area contributed by atoms with Crippen molar-refractivity contribution >= 4 is 29.2 Å². The van der Waals surface area contributed by atoms with Crippen LogP contribution in [0.1, 0.15) is 58.9 Å². The summed E-state index contributed by atoms with van der Waals surface area (Å²) < 4.78 is 56.8. The maximum absolute atomic E-state index is 13.9. The third kappa shape index (κ3) is 11.5. The van der Waals surface area contributed by atoms with E-state index in [1.165, 1.54) is 12.1 Å². The summed E-state index contributed by atoms with van der Waals surface area (Å²) in [4.78, 5) is 23.7. The summed E-state index contributed by atoms with van der Waals surface area (Å²) in [5.41, 5.74) is -0.294. The van der Waals surface area contributed by atoms with Crippen molar-refractivity contribution in [2.24, 2.45) is 5.92 Å². The molecule has 0 aromatic heterocycles. The maximum atomic E-state index is 13.9. The first-order valence-corrected chi connectivity index (χ1v) is 11.0. The molecular weight excluding hydrogens is 474 g/mol. The van der Waals surface area contributed by atoms with E-state index in [0.717, 1.165) is 18.0 Å². The molecule has 34 heavy (non-hydrogen) atoms. The van der Waals surface area contributed by atoms with Gasteiger partial charge in [-0.1, -0.05) is 49.7 Å². The van der Waals surface area contributed by atoms with E-state index in [4.69, 9.17) is 16.3 Å². The van der Waals surface area contributed by atoms with Gasteiger partial charge in [0.2, 0.25) is 5.91 Å². The summed E-state index contributed by atoms with van der Waals surface area (Å²) in [6.45, 7) is 7.83. The number of amides is 1. The van der Waals surface area contributed by atoms with Crippen molar-refractivity contribution in [1.82, 2.24) is 0 Å². The molecule has 0 saturated carbocycles. The zero-order valence-corrected chi connectivity index (χ0v) is 20.6. The number of esters is 1. The molecule has 2 atom stereocenters. The molecule has 0 aliphatic carbocycles. The van der Waals surface area contributed by atoms with Gasteiger partial charge in [0.1, 0.15) is 11.4 Å². The lowest BCUT2D eigenvalue weighted by Crippen LogP contribution is -2.26. The van der Waals surface area contributed by atoms with Crippen molar-refractivity contribution in [1.29, 1.82) is 0 Å². The zero-order valence-electron chi connectivity index (χ0n) is 19.8. The Kier molecular flexibility index (Phi) is 11.0. The lowest BCUT2D eigenvalue weighted by atomic mass is 9.97. The first-order valence-electron chi connectivity index (χ1n) is 10.7. The Morgan fingerprint density at radius 3 is 2.06 bits per heavy atom. The molecule has 1 unspecified atom stereocenters. The topological polar surface area (TPSA) is 55.4 Å². The van der Waals surface area contributed by atoms with Crippen molar-refractivity contribution in [3.63, 3.8) is 0 Å². The van der Waals surface area contributed by atoms with E-state index in [9.17, 15) is 27.2 Å². The molecule has 4 nitrogen and oxygen atoms in total. The van der Waals surface area contributed by atoms with E-state index >= 15 is 0 Å². The molecule has 0 bridgehead atoms. The van der Waals surface area contributed by atoms with Gasteiger partial charge in [0.05, 0.1) is 18.0 Å². The number of carbonyl (C=O) groups is 2. The van der Waals surface area contributed by atoms with Gasteiger partial charge in [0.15, 0.2) is 0 Å². The predicted octanol–water partition coefficient (Wildman–Crippen LogP) is 7.53. The Morgan fingerprint density at radius 1 is 1.00 bits per heavy atom. The normalized spacial score (nSPS) is 13.2. The quantitative estimate of drug-likeness (QED) is 0.327. The molecule has 0 spiro atoms. The molecular formula is C25H30ClF4NO3. The highest BCUT2D eigenvalue weighted by atomic mass is 35.5. The van der Waals surface area contributed by atoms with Crippen LogP contribution in [0, 0.1) is 11.7 Å². The molecule has 9 heteroatoms. The number of alkyl halides is 3. The first kappa shape index (κ1) is 29.4. The lowest BCUT2D eigenvalue weighted by molar-refractivity contribution is -0.173. The minimum Gasteiger partial charge on any atom is -0.460 e. The van der Waals surface area contributed by atoms with Crippen LogP contribution in [0.25, 0.3) is 0 Å². The third-order valence-corrected chi connectivity index (χ3v) is 4.76. The molecule has 0 saturated heterocycles. The van der Waals surface area contributed by atoms with Gasteiger partial charge in [-0.05, 0) is 56.5 Å². The number of hydrogen-bond donors (Lipinski definition) is 1. The Labute approximate surface area is 202 Å². The van der Waals surface area contributed by atoms with Gasteiger partial charge in [-0.25, -0.2) is 4.39 Å². The first-order chi connectivity index (χ1) is 15.6. The standard InChI is InChI=1S/C19H25F4NO3.C6H5Cl/c1-11(8-17(26)27-18(3,4)5)13-6-7-14(20)15(10-13)24-16(25)9-12(2)19(21,22)23;7-6-4-2-1-3-5-6/h6-7,10-12H,8-9H2,1-5H3,(H,24,25);1-5H/t11?,12-;/m1./s1. The summed E-state index contributed by atoms with van der Waals surface area (Å²) in [6, 6.07) is 13.3. The molecule has 2 aromatic carbocycles. The molecule has 0 heterocycles. The number of halogens is 5. The second-order valence-electron chi connectivity index (χ2n) is 8.92. The lowest BCUT2D eigenvalue weighted by Gasteiger charge is -2.21. The molecule has 2 rings (SSSR count). The summed E-state index contributed by atoms with van der Waals surface area (Å²) >= 11 is 5.54. The highest BCUT2D eigenvalue weighted by Gasteiger charge is 2.37. The maximum Gasteiger partial charge on any atom is 0.392 e. The van der Waals surface area contributed by atoms with Crippen molar-refractivity contribution in [2.45, 2.75) is 65.2 Å². The van der Waals surface area contributed by atoms with Crippen LogP contribution in [0.4, 0.5) is 23.2 Å². The monoisotopic (exact) mass is 503 g/mol.